The third kappa shape index (κ3) is 3.06. The monoisotopic (exact) mass is 306 g/mol. The third-order valence-corrected chi connectivity index (χ3v) is 4.21. The van der Waals surface area contributed by atoms with Crippen molar-refractivity contribution >= 4 is 28.4 Å². The standard InChI is InChI=1S/C16H19ClN2O2/c1-10-12(13-9-11(17)4-5-14(13)19-10)6-7-18-16(20)15-3-2-8-21-15/h4-5,9,15,19H,2-3,6-8H2,1H3,(H,18,20)/t15-/m1/s1. The van der Waals surface area contributed by atoms with Gasteiger partial charge in [0.05, 0.1) is 0 Å². The fraction of sp³-hybridized carbons (Fsp3) is 0.438. The van der Waals surface area contributed by atoms with Gasteiger partial charge in [-0.05, 0) is 49.9 Å². The summed E-state index contributed by atoms with van der Waals surface area (Å²) in [5, 5.41) is 4.82. The highest BCUT2D eigenvalue weighted by Crippen LogP contribution is 2.25. The zero-order valence-corrected chi connectivity index (χ0v) is 12.8. The van der Waals surface area contributed by atoms with E-state index in [2.05, 4.69) is 10.3 Å². The van der Waals surface area contributed by atoms with Crippen LogP contribution in [0.25, 0.3) is 10.9 Å². The number of hydrogen-bond acceptors (Lipinski definition) is 2. The van der Waals surface area contributed by atoms with Crippen LogP contribution in [0.4, 0.5) is 0 Å². The van der Waals surface area contributed by atoms with Gasteiger partial charge < -0.3 is 15.0 Å². The highest BCUT2D eigenvalue weighted by atomic mass is 35.5. The van der Waals surface area contributed by atoms with Crippen molar-refractivity contribution in [3.8, 4) is 0 Å². The first-order valence-corrected chi connectivity index (χ1v) is 7.69. The minimum Gasteiger partial charge on any atom is -0.368 e. The highest BCUT2D eigenvalue weighted by Gasteiger charge is 2.23. The summed E-state index contributed by atoms with van der Waals surface area (Å²) in [6.07, 6.45) is 2.32. The number of nitrogens with one attached hydrogen (secondary N) is 2. The molecule has 1 amide bonds. The second-order valence-corrected chi connectivity index (χ2v) is 5.90. The van der Waals surface area contributed by atoms with Gasteiger partial charge in [0, 0.05) is 34.8 Å². The molecule has 1 aliphatic rings. The van der Waals surface area contributed by atoms with E-state index in [0.717, 1.165) is 40.9 Å². The van der Waals surface area contributed by atoms with Gasteiger partial charge in [-0.2, -0.15) is 0 Å². The molecule has 21 heavy (non-hydrogen) atoms. The number of rotatable bonds is 4. The predicted octanol–water partition coefficient (Wildman–Crippen LogP) is 2.97. The van der Waals surface area contributed by atoms with Crippen molar-refractivity contribution in [1.82, 2.24) is 10.3 Å². The minimum atomic E-state index is -0.261. The quantitative estimate of drug-likeness (QED) is 0.912. The molecule has 3 rings (SSSR count). The largest absolute Gasteiger partial charge is 0.368 e. The fourth-order valence-electron chi connectivity index (χ4n) is 2.89. The molecule has 1 atom stereocenters. The summed E-state index contributed by atoms with van der Waals surface area (Å²) in [6, 6.07) is 5.83. The van der Waals surface area contributed by atoms with Gasteiger partial charge in [-0.3, -0.25) is 4.79 Å². The van der Waals surface area contributed by atoms with Gasteiger partial charge in [0.1, 0.15) is 6.10 Å². The van der Waals surface area contributed by atoms with Gasteiger partial charge in [-0.1, -0.05) is 11.6 Å². The summed E-state index contributed by atoms with van der Waals surface area (Å²) in [5.41, 5.74) is 3.41. The van der Waals surface area contributed by atoms with Crippen molar-refractivity contribution in [2.75, 3.05) is 13.2 Å². The molecule has 0 bridgehead atoms. The predicted molar refractivity (Wildman–Crippen MR) is 83.7 cm³/mol. The molecule has 1 aromatic carbocycles. The van der Waals surface area contributed by atoms with Crippen LogP contribution in [-0.2, 0) is 16.0 Å². The number of amides is 1. The Kier molecular flexibility index (Phi) is 4.17. The molecule has 0 aliphatic carbocycles. The number of carbonyl (C=O) groups is 1. The molecule has 0 unspecified atom stereocenters. The number of ether oxygens (including phenoxy) is 1. The molecule has 1 aliphatic heterocycles. The summed E-state index contributed by atoms with van der Waals surface area (Å²) in [6.45, 7) is 3.35. The number of fused-ring (bicyclic) bond motifs is 1. The maximum absolute atomic E-state index is 11.9. The topological polar surface area (TPSA) is 54.1 Å². The Morgan fingerprint density at radius 3 is 3.14 bits per heavy atom. The molecule has 112 valence electrons. The van der Waals surface area contributed by atoms with E-state index in [1.807, 2.05) is 25.1 Å². The second kappa shape index (κ2) is 6.08. The summed E-state index contributed by atoms with van der Waals surface area (Å²) >= 11 is 6.07. The average Bonchev–Trinajstić information content (AvgIpc) is 3.08. The number of halogens is 1. The Balaban J connectivity index is 1.66. The summed E-state index contributed by atoms with van der Waals surface area (Å²) in [5.74, 6) is 0.00280. The molecule has 0 radical (unpaired) electrons. The van der Waals surface area contributed by atoms with E-state index in [9.17, 15) is 4.79 Å². The van der Waals surface area contributed by atoms with Crippen LogP contribution in [0.3, 0.4) is 0 Å². The van der Waals surface area contributed by atoms with Gasteiger partial charge in [-0.15, -0.1) is 0 Å². The summed E-state index contributed by atoms with van der Waals surface area (Å²) in [7, 11) is 0. The maximum atomic E-state index is 11.9. The van der Waals surface area contributed by atoms with Crippen molar-refractivity contribution in [1.29, 1.82) is 0 Å². The van der Waals surface area contributed by atoms with Crippen LogP contribution in [0.15, 0.2) is 18.2 Å². The number of H-pyrrole nitrogens is 1. The lowest BCUT2D eigenvalue weighted by Gasteiger charge is -2.10. The number of carbonyl (C=O) groups excluding carboxylic acids is 1. The van der Waals surface area contributed by atoms with E-state index in [0.29, 0.717) is 13.2 Å². The average molecular weight is 307 g/mol. The maximum Gasteiger partial charge on any atom is 0.249 e. The zero-order valence-electron chi connectivity index (χ0n) is 12.0. The Bertz CT molecular complexity index is 660. The van der Waals surface area contributed by atoms with Crippen molar-refractivity contribution < 1.29 is 9.53 Å². The van der Waals surface area contributed by atoms with Gasteiger partial charge in [-0.25, -0.2) is 0 Å². The number of benzene rings is 1. The normalized spacial score (nSPS) is 18.3. The molecule has 1 saturated heterocycles. The molecule has 1 fully saturated rings. The van der Waals surface area contributed by atoms with Crippen LogP contribution in [-0.4, -0.2) is 30.1 Å². The smallest absolute Gasteiger partial charge is 0.249 e. The molecule has 5 heteroatoms. The van der Waals surface area contributed by atoms with Crippen LogP contribution < -0.4 is 5.32 Å². The van der Waals surface area contributed by atoms with Gasteiger partial charge >= 0.3 is 0 Å². The number of aryl methyl sites for hydroxylation is 1. The number of aromatic amines is 1. The molecule has 2 N–H and O–H groups in total. The fourth-order valence-corrected chi connectivity index (χ4v) is 3.06. The lowest BCUT2D eigenvalue weighted by molar-refractivity contribution is -0.129. The van der Waals surface area contributed by atoms with Crippen molar-refractivity contribution in [2.24, 2.45) is 0 Å². The Morgan fingerprint density at radius 2 is 2.38 bits per heavy atom. The lowest BCUT2D eigenvalue weighted by atomic mass is 10.1. The van der Waals surface area contributed by atoms with Crippen molar-refractivity contribution in [3.63, 3.8) is 0 Å². The second-order valence-electron chi connectivity index (χ2n) is 5.46. The molecule has 1 aromatic heterocycles. The van der Waals surface area contributed by atoms with Crippen LogP contribution in [0.5, 0.6) is 0 Å². The van der Waals surface area contributed by atoms with Gasteiger partial charge in [0.25, 0.3) is 0 Å². The molecule has 0 saturated carbocycles. The molecule has 4 nitrogen and oxygen atoms in total. The first kappa shape index (κ1) is 14.4. The minimum absolute atomic E-state index is 0.00280. The first-order chi connectivity index (χ1) is 10.1. The summed E-state index contributed by atoms with van der Waals surface area (Å²) < 4.78 is 5.38. The zero-order chi connectivity index (χ0) is 14.8. The van der Waals surface area contributed by atoms with E-state index >= 15 is 0 Å². The molecular formula is C16H19ClN2O2. The lowest BCUT2D eigenvalue weighted by Crippen LogP contribution is -2.35. The Morgan fingerprint density at radius 1 is 1.52 bits per heavy atom. The molecule has 0 spiro atoms. The van der Waals surface area contributed by atoms with E-state index in [1.54, 1.807) is 0 Å². The molecule has 2 heterocycles. The van der Waals surface area contributed by atoms with Crippen LogP contribution in [0.2, 0.25) is 5.02 Å². The van der Waals surface area contributed by atoms with Crippen LogP contribution in [0.1, 0.15) is 24.1 Å². The first-order valence-electron chi connectivity index (χ1n) is 7.31. The molecular weight excluding hydrogens is 288 g/mol. The van der Waals surface area contributed by atoms with Crippen molar-refractivity contribution in [3.05, 3.63) is 34.5 Å². The number of hydrogen-bond donors (Lipinski definition) is 2. The summed E-state index contributed by atoms with van der Waals surface area (Å²) in [4.78, 5) is 15.3. The third-order valence-electron chi connectivity index (χ3n) is 3.98. The number of aromatic nitrogens is 1. The van der Waals surface area contributed by atoms with Gasteiger partial charge in [0.2, 0.25) is 5.91 Å². The van der Waals surface area contributed by atoms with Gasteiger partial charge in [0.15, 0.2) is 0 Å². The van der Waals surface area contributed by atoms with Crippen molar-refractivity contribution in [2.45, 2.75) is 32.3 Å². The Hall–Kier alpha value is -1.52. The SMILES string of the molecule is Cc1[nH]c2ccc(Cl)cc2c1CCNC(=O)[C@H]1CCCO1. The Labute approximate surface area is 128 Å². The molecule has 2 aromatic rings. The van der Waals surface area contributed by atoms with Crippen LogP contribution >= 0.6 is 11.6 Å². The van der Waals surface area contributed by atoms with E-state index < -0.39 is 0 Å². The van der Waals surface area contributed by atoms with E-state index in [-0.39, 0.29) is 12.0 Å². The highest BCUT2D eigenvalue weighted by molar-refractivity contribution is 6.31. The van der Waals surface area contributed by atoms with Crippen LogP contribution in [0, 0.1) is 6.92 Å². The van der Waals surface area contributed by atoms with E-state index in [1.165, 1.54) is 5.56 Å². The van der Waals surface area contributed by atoms with E-state index in [4.69, 9.17) is 16.3 Å².